The summed E-state index contributed by atoms with van der Waals surface area (Å²) in [5.74, 6) is 0. The fourth-order valence-electron chi connectivity index (χ4n) is 1.91. The number of nitro benzene ring substituents is 1. The number of pyridine rings is 2. The van der Waals surface area contributed by atoms with Crippen LogP contribution in [0.3, 0.4) is 0 Å². The first-order valence-corrected chi connectivity index (χ1v) is 9.28. The van der Waals surface area contributed by atoms with Gasteiger partial charge in [0.25, 0.3) is 5.69 Å². The molecule has 3 rings (SSSR count). The summed E-state index contributed by atoms with van der Waals surface area (Å²) in [7, 11) is 9.63. The van der Waals surface area contributed by atoms with E-state index >= 15 is 0 Å². The molecule has 20 heavy (non-hydrogen) atoms. The minimum atomic E-state index is -0.392. The third kappa shape index (κ3) is 3.05. The monoisotopic (exact) mass is 401 g/mol. The number of hydrogen-bond donors (Lipinski definition) is 0. The third-order valence-electron chi connectivity index (χ3n) is 2.64. The summed E-state index contributed by atoms with van der Waals surface area (Å²) in [5, 5.41) is 12.3. The van der Waals surface area contributed by atoms with Crippen LogP contribution in [0.15, 0.2) is 42.7 Å². The summed E-state index contributed by atoms with van der Waals surface area (Å²) in [6.07, 6.45) is 3.27. The van der Waals surface area contributed by atoms with Gasteiger partial charge in [0.1, 0.15) is 5.52 Å². The number of fused-ring (bicyclic) bond motifs is 3. The maximum atomic E-state index is 11.0. The second kappa shape index (κ2) is 6.91. The van der Waals surface area contributed by atoms with E-state index in [1.807, 2.05) is 0 Å². The Hall–Kier alpha value is -1.32. The van der Waals surface area contributed by atoms with Crippen LogP contribution in [0.25, 0.3) is 21.8 Å². The second-order valence-corrected chi connectivity index (χ2v) is 6.03. The number of nitro groups is 1. The first-order valence-electron chi connectivity index (χ1n) is 5.28. The van der Waals surface area contributed by atoms with Crippen LogP contribution >= 0.6 is 19.1 Å². The minimum absolute atomic E-state index is 0.0635. The van der Waals surface area contributed by atoms with E-state index in [9.17, 15) is 10.1 Å². The van der Waals surface area contributed by atoms with Gasteiger partial charge in [-0.15, -0.1) is 0 Å². The van der Waals surface area contributed by atoms with Crippen molar-refractivity contribution in [2.24, 2.45) is 0 Å². The summed E-state index contributed by atoms with van der Waals surface area (Å²) in [6, 6.07) is 8.45. The molecule has 0 spiro atoms. The normalized spacial score (nSPS) is 10.3. The van der Waals surface area contributed by atoms with E-state index in [2.05, 4.69) is 9.97 Å². The molecule has 0 unspecified atom stereocenters. The fourth-order valence-corrected chi connectivity index (χ4v) is 1.91. The number of non-ortho nitro benzene ring substituents is 1. The second-order valence-electron chi connectivity index (χ2n) is 3.67. The van der Waals surface area contributed by atoms with Gasteiger partial charge in [-0.2, -0.15) is 0 Å². The predicted molar refractivity (Wildman–Crippen MR) is 75.4 cm³/mol. The van der Waals surface area contributed by atoms with Gasteiger partial charge in [0, 0.05) is 23.8 Å². The molecule has 8 heteroatoms. The Labute approximate surface area is 130 Å². The molecule has 106 valence electrons. The molecule has 0 aliphatic rings. The molecule has 0 atom stereocenters. The van der Waals surface area contributed by atoms with E-state index in [0.29, 0.717) is 16.4 Å². The zero-order valence-electron chi connectivity index (χ0n) is 9.77. The molecule has 0 aliphatic heterocycles. The standard InChI is InChI=1S/C12H7N3O2.2ClH.Pd/c16-15(17)10-7-8-3-1-5-13-11(8)12-9(10)4-2-6-14-12;;;/h1-7H;2*1H;/q;;;+2/p-2. The Morgan fingerprint density at radius 2 is 1.70 bits per heavy atom. The molecule has 0 aliphatic carbocycles. The van der Waals surface area contributed by atoms with Gasteiger partial charge < -0.3 is 0 Å². The summed E-state index contributed by atoms with van der Waals surface area (Å²) in [6.45, 7) is 0. The molecule has 0 saturated heterocycles. The van der Waals surface area contributed by atoms with Crippen LogP contribution in [0.5, 0.6) is 0 Å². The van der Waals surface area contributed by atoms with Crippen molar-refractivity contribution in [3.63, 3.8) is 0 Å². The summed E-state index contributed by atoms with van der Waals surface area (Å²) in [4.78, 5) is 19.0. The maximum absolute atomic E-state index is 11.0. The molecule has 0 saturated carbocycles. The SMILES string of the molecule is O=[N+]([O-])c1cc2cccnc2c2ncccc12.[Cl][Pd][Cl]. The first kappa shape index (κ1) is 15.1. The molecule has 3 aromatic rings. The number of hydrogen-bond acceptors (Lipinski definition) is 4. The van der Waals surface area contributed by atoms with Gasteiger partial charge in [0.05, 0.1) is 15.8 Å². The molecule has 2 aromatic heterocycles. The zero-order chi connectivity index (χ0) is 14.5. The molecular formula is C12H7Cl2N3O2Pd. The van der Waals surface area contributed by atoms with E-state index in [1.165, 1.54) is 6.07 Å². The number of nitrogens with zero attached hydrogens (tertiary/aromatic N) is 3. The number of halogens is 2. The average Bonchev–Trinajstić information content (AvgIpc) is 2.47. The van der Waals surface area contributed by atoms with Crippen LogP contribution in [0, 0.1) is 10.1 Å². The molecule has 0 amide bonds. The van der Waals surface area contributed by atoms with Crippen molar-refractivity contribution in [3.8, 4) is 0 Å². The molecular weight excluding hydrogens is 395 g/mol. The van der Waals surface area contributed by atoms with Gasteiger partial charge in [0.2, 0.25) is 0 Å². The Morgan fingerprint density at radius 1 is 1.10 bits per heavy atom. The van der Waals surface area contributed by atoms with Crippen molar-refractivity contribution in [1.82, 2.24) is 9.97 Å². The fraction of sp³-hybridized carbons (Fsp3) is 0. The Balaban J connectivity index is 0.000000452. The Bertz CT molecular complexity index is 770. The Morgan fingerprint density at radius 3 is 2.35 bits per heavy atom. The van der Waals surface area contributed by atoms with E-state index in [-0.39, 0.29) is 21.6 Å². The van der Waals surface area contributed by atoms with Crippen molar-refractivity contribution >= 4 is 46.6 Å². The first-order chi connectivity index (χ1) is 9.69. The number of benzene rings is 1. The van der Waals surface area contributed by atoms with Crippen molar-refractivity contribution in [2.75, 3.05) is 0 Å². The van der Waals surface area contributed by atoms with Crippen LogP contribution in [0.1, 0.15) is 0 Å². The van der Waals surface area contributed by atoms with Crippen LogP contribution in [0.4, 0.5) is 5.69 Å². The average molecular weight is 403 g/mol. The van der Waals surface area contributed by atoms with Crippen LogP contribution in [-0.4, -0.2) is 14.9 Å². The zero-order valence-corrected chi connectivity index (χ0v) is 12.8. The molecule has 5 nitrogen and oxygen atoms in total. The molecule has 0 fully saturated rings. The summed E-state index contributed by atoms with van der Waals surface area (Å²) < 4.78 is 0. The third-order valence-corrected chi connectivity index (χ3v) is 2.64. The van der Waals surface area contributed by atoms with E-state index in [4.69, 9.17) is 19.1 Å². The van der Waals surface area contributed by atoms with Crippen molar-refractivity contribution in [1.29, 1.82) is 0 Å². The topological polar surface area (TPSA) is 68.9 Å². The number of aromatic nitrogens is 2. The molecule has 0 bridgehead atoms. The molecule has 0 N–H and O–H groups in total. The van der Waals surface area contributed by atoms with Gasteiger partial charge in [-0.3, -0.25) is 20.1 Å². The van der Waals surface area contributed by atoms with Crippen molar-refractivity contribution < 1.29 is 20.9 Å². The predicted octanol–water partition coefficient (Wildman–Crippen LogP) is 4.07. The van der Waals surface area contributed by atoms with Gasteiger partial charge in [-0.05, 0) is 18.2 Å². The van der Waals surface area contributed by atoms with Crippen LogP contribution in [-0.2, 0) is 15.9 Å². The quantitative estimate of drug-likeness (QED) is 0.266. The van der Waals surface area contributed by atoms with Crippen molar-refractivity contribution in [2.45, 2.75) is 0 Å². The van der Waals surface area contributed by atoms with Crippen molar-refractivity contribution in [3.05, 3.63) is 52.8 Å². The summed E-state index contributed by atoms with van der Waals surface area (Å²) in [5.41, 5.74) is 1.32. The van der Waals surface area contributed by atoms with Gasteiger partial charge in [0.15, 0.2) is 0 Å². The molecule has 2 heterocycles. The van der Waals surface area contributed by atoms with E-state index in [1.54, 1.807) is 36.7 Å². The van der Waals surface area contributed by atoms with Crippen LogP contribution in [0.2, 0.25) is 0 Å². The summed E-state index contributed by atoms with van der Waals surface area (Å²) >= 11 is -0.106. The molecule has 1 aromatic carbocycles. The molecule has 0 radical (unpaired) electrons. The van der Waals surface area contributed by atoms with Gasteiger partial charge in [-0.25, -0.2) is 0 Å². The van der Waals surface area contributed by atoms with Gasteiger partial charge in [-0.1, -0.05) is 6.07 Å². The van der Waals surface area contributed by atoms with E-state index < -0.39 is 4.92 Å². The van der Waals surface area contributed by atoms with Gasteiger partial charge >= 0.3 is 35.0 Å². The number of rotatable bonds is 1. The van der Waals surface area contributed by atoms with E-state index in [0.717, 1.165) is 5.39 Å². The van der Waals surface area contributed by atoms with Crippen LogP contribution < -0.4 is 0 Å². The Kier molecular flexibility index (Phi) is 5.21.